The van der Waals surface area contributed by atoms with Crippen molar-refractivity contribution in [3.8, 4) is 0 Å². The molecule has 0 aliphatic carbocycles. The van der Waals surface area contributed by atoms with Crippen LogP contribution in [-0.4, -0.2) is 46.8 Å². The Kier molecular flexibility index (Phi) is 4.05. The van der Waals surface area contributed by atoms with Crippen LogP contribution in [0.1, 0.15) is 46.0 Å². The van der Waals surface area contributed by atoms with Crippen molar-refractivity contribution in [2.75, 3.05) is 6.61 Å². The predicted octanol–water partition coefficient (Wildman–Crippen LogP) is 1.32. The van der Waals surface area contributed by atoms with Gasteiger partial charge >= 0.3 is 5.97 Å². The Labute approximate surface area is 103 Å². The van der Waals surface area contributed by atoms with Crippen LogP contribution in [0.15, 0.2) is 0 Å². The molecule has 0 radical (unpaired) electrons. The van der Waals surface area contributed by atoms with E-state index in [-0.39, 0.29) is 18.1 Å². The zero-order chi connectivity index (χ0) is 12.4. The van der Waals surface area contributed by atoms with Crippen LogP contribution in [0.2, 0.25) is 0 Å². The van der Waals surface area contributed by atoms with Crippen LogP contribution < -0.4 is 0 Å². The number of fused-ring (bicyclic) bond motifs is 2. The summed E-state index contributed by atoms with van der Waals surface area (Å²) in [5.74, 6) is -0.106. The summed E-state index contributed by atoms with van der Waals surface area (Å²) in [6.45, 7) is 4.39. The third-order valence-electron chi connectivity index (χ3n) is 4.04. The predicted molar refractivity (Wildman–Crippen MR) is 64.6 cm³/mol. The second-order valence-corrected chi connectivity index (χ2v) is 5.32. The number of carbonyl (C=O) groups excluding carboxylic acids is 1. The molecule has 1 N–H and O–H groups in total. The van der Waals surface area contributed by atoms with Crippen LogP contribution in [0, 0.1) is 0 Å². The number of rotatable bonds is 4. The molecule has 0 saturated carbocycles. The fourth-order valence-electron chi connectivity index (χ4n) is 3.47. The number of hydrogen-bond donors (Lipinski definition) is 1. The zero-order valence-electron chi connectivity index (χ0n) is 10.8. The minimum Gasteiger partial charge on any atom is -0.466 e. The van der Waals surface area contributed by atoms with Crippen LogP contribution in [0.3, 0.4) is 0 Å². The van der Waals surface area contributed by atoms with Gasteiger partial charge in [-0.25, -0.2) is 0 Å². The second-order valence-electron chi connectivity index (χ2n) is 5.32. The molecule has 0 aromatic rings. The average Bonchev–Trinajstić information content (AvgIpc) is 2.51. The van der Waals surface area contributed by atoms with E-state index in [2.05, 4.69) is 11.8 Å². The molecule has 4 atom stereocenters. The molecule has 4 nitrogen and oxygen atoms in total. The van der Waals surface area contributed by atoms with E-state index in [0.717, 1.165) is 25.7 Å². The van der Waals surface area contributed by atoms with Gasteiger partial charge in [-0.2, -0.15) is 0 Å². The lowest BCUT2D eigenvalue weighted by Crippen LogP contribution is -2.49. The molecule has 0 aromatic heterocycles. The van der Waals surface area contributed by atoms with Crippen LogP contribution in [0.25, 0.3) is 0 Å². The van der Waals surface area contributed by atoms with Gasteiger partial charge in [0.2, 0.25) is 0 Å². The SMILES string of the molecule is CCOC(=O)C[C@@H](C)N1[C@@H]2CC[C@H]1CC(O)C2. The van der Waals surface area contributed by atoms with Gasteiger partial charge in [0.25, 0.3) is 0 Å². The van der Waals surface area contributed by atoms with Gasteiger partial charge < -0.3 is 9.84 Å². The number of carbonyl (C=O) groups is 1. The van der Waals surface area contributed by atoms with E-state index in [1.807, 2.05) is 6.92 Å². The summed E-state index contributed by atoms with van der Waals surface area (Å²) in [5, 5.41) is 9.74. The maximum atomic E-state index is 11.5. The Bertz CT molecular complexity index is 268. The maximum Gasteiger partial charge on any atom is 0.307 e. The van der Waals surface area contributed by atoms with Gasteiger partial charge in [-0.1, -0.05) is 0 Å². The minimum absolute atomic E-state index is 0.106. The highest BCUT2D eigenvalue weighted by atomic mass is 16.5. The standard InChI is InChI=1S/C13H23NO3/c1-3-17-13(16)6-9(2)14-10-4-5-11(14)8-12(15)7-10/h9-12,15H,3-8H2,1-2H3/t9-,10-,11+,12?/m1/s1. The van der Waals surface area contributed by atoms with Crippen LogP contribution >= 0.6 is 0 Å². The molecule has 0 spiro atoms. The number of aliphatic hydroxyl groups is 1. The van der Waals surface area contributed by atoms with Gasteiger partial charge in [-0.3, -0.25) is 9.69 Å². The lowest BCUT2D eigenvalue weighted by Gasteiger charge is -2.40. The van der Waals surface area contributed by atoms with E-state index >= 15 is 0 Å². The first-order valence-corrected chi connectivity index (χ1v) is 6.73. The van der Waals surface area contributed by atoms with Gasteiger partial charge in [-0.15, -0.1) is 0 Å². The molecule has 4 heteroatoms. The van der Waals surface area contributed by atoms with Crippen molar-refractivity contribution in [1.29, 1.82) is 0 Å². The molecule has 98 valence electrons. The van der Waals surface area contributed by atoms with Crippen molar-refractivity contribution in [3.63, 3.8) is 0 Å². The molecule has 0 aromatic carbocycles. The molecule has 2 saturated heterocycles. The molecule has 2 aliphatic heterocycles. The van der Waals surface area contributed by atoms with E-state index in [4.69, 9.17) is 4.74 Å². The number of nitrogens with zero attached hydrogens (tertiary/aromatic N) is 1. The number of hydrogen-bond acceptors (Lipinski definition) is 4. The quantitative estimate of drug-likeness (QED) is 0.754. The summed E-state index contributed by atoms with van der Waals surface area (Å²) < 4.78 is 5.00. The second kappa shape index (κ2) is 5.36. The molecule has 0 amide bonds. The van der Waals surface area contributed by atoms with Crippen molar-refractivity contribution in [3.05, 3.63) is 0 Å². The Morgan fingerprint density at radius 3 is 2.53 bits per heavy atom. The molecule has 2 aliphatic rings. The number of piperidine rings is 1. The highest BCUT2D eigenvalue weighted by Gasteiger charge is 2.42. The Morgan fingerprint density at radius 1 is 1.41 bits per heavy atom. The Balaban J connectivity index is 1.91. The topological polar surface area (TPSA) is 49.8 Å². The summed E-state index contributed by atoms with van der Waals surface area (Å²) >= 11 is 0. The third-order valence-corrected chi connectivity index (χ3v) is 4.04. The van der Waals surface area contributed by atoms with Crippen LogP contribution in [0.4, 0.5) is 0 Å². The lowest BCUT2D eigenvalue weighted by molar-refractivity contribution is -0.145. The fourth-order valence-corrected chi connectivity index (χ4v) is 3.47. The molecule has 2 bridgehead atoms. The van der Waals surface area contributed by atoms with Crippen LogP contribution in [-0.2, 0) is 9.53 Å². The van der Waals surface area contributed by atoms with Crippen molar-refractivity contribution < 1.29 is 14.6 Å². The van der Waals surface area contributed by atoms with Crippen LogP contribution in [0.5, 0.6) is 0 Å². The van der Waals surface area contributed by atoms with Gasteiger partial charge in [-0.05, 0) is 39.5 Å². The Morgan fingerprint density at radius 2 is 2.00 bits per heavy atom. The van der Waals surface area contributed by atoms with Crippen molar-refractivity contribution in [2.45, 2.75) is 70.2 Å². The molecule has 17 heavy (non-hydrogen) atoms. The monoisotopic (exact) mass is 241 g/mol. The molecule has 2 heterocycles. The maximum absolute atomic E-state index is 11.5. The number of ether oxygens (including phenoxy) is 1. The highest BCUT2D eigenvalue weighted by Crippen LogP contribution is 2.37. The van der Waals surface area contributed by atoms with Crippen molar-refractivity contribution in [1.82, 2.24) is 4.90 Å². The normalized spacial score (nSPS) is 34.6. The zero-order valence-corrected chi connectivity index (χ0v) is 10.8. The molecular weight excluding hydrogens is 218 g/mol. The molecule has 1 unspecified atom stereocenters. The first-order valence-electron chi connectivity index (χ1n) is 6.73. The van der Waals surface area contributed by atoms with E-state index in [1.165, 1.54) is 0 Å². The number of aliphatic hydroxyl groups excluding tert-OH is 1. The molecular formula is C13H23NO3. The fraction of sp³-hybridized carbons (Fsp3) is 0.923. The van der Waals surface area contributed by atoms with Gasteiger partial charge in [0.1, 0.15) is 0 Å². The van der Waals surface area contributed by atoms with Gasteiger partial charge in [0.15, 0.2) is 0 Å². The van der Waals surface area contributed by atoms with E-state index in [1.54, 1.807) is 0 Å². The average molecular weight is 241 g/mol. The van der Waals surface area contributed by atoms with Gasteiger partial charge in [0.05, 0.1) is 19.1 Å². The smallest absolute Gasteiger partial charge is 0.307 e. The summed E-state index contributed by atoms with van der Waals surface area (Å²) in [6, 6.07) is 1.17. The summed E-state index contributed by atoms with van der Waals surface area (Å²) in [6.07, 6.45) is 4.38. The summed E-state index contributed by atoms with van der Waals surface area (Å²) in [4.78, 5) is 13.9. The first-order chi connectivity index (χ1) is 8.11. The first kappa shape index (κ1) is 12.8. The van der Waals surface area contributed by atoms with Crippen molar-refractivity contribution >= 4 is 5.97 Å². The van der Waals surface area contributed by atoms with Crippen molar-refractivity contribution in [2.24, 2.45) is 0 Å². The van der Waals surface area contributed by atoms with E-state index < -0.39 is 0 Å². The summed E-state index contributed by atoms with van der Waals surface area (Å²) in [7, 11) is 0. The van der Waals surface area contributed by atoms with E-state index in [0.29, 0.717) is 25.1 Å². The summed E-state index contributed by atoms with van der Waals surface area (Å²) in [5.41, 5.74) is 0. The molecule has 2 rings (SSSR count). The van der Waals surface area contributed by atoms with E-state index in [9.17, 15) is 9.90 Å². The third kappa shape index (κ3) is 2.80. The molecule has 2 fully saturated rings. The number of esters is 1. The largest absolute Gasteiger partial charge is 0.466 e. The highest BCUT2D eigenvalue weighted by molar-refractivity contribution is 5.70. The van der Waals surface area contributed by atoms with Gasteiger partial charge in [0, 0.05) is 18.1 Å². The Hall–Kier alpha value is -0.610. The minimum atomic E-state index is -0.140. The lowest BCUT2D eigenvalue weighted by atomic mass is 9.97.